The smallest absolute Gasteiger partial charge is 0.277 e. The Labute approximate surface area is 143 Å². The Morgan fingerprint density at radius 1 is 1.29 bits per heavy atom. The third-order valence-corrected chi connectivity index (χ3v) is 3.68. The van der Waals surface area contributed by atoms with Crippen LogP contribution >= 0.6 is 11.6 Å². The van der Waals surface area contributed by atoms with E-state index in [1.807, 2.05) is 18.2 Å². The van der Waals surface area contributed by atoms with Gasteiger partial charge in [0.05, 0.1) is 30.9 Å². The molecular formula is C16H15ClN4O3. The van der Waals surface area contributed by atoms with E-state index < -0.39 is 11.8 Å². The van der Waals surface area contributed by atoms with Crippen LogP contribution in [0.2, 0.25) is 5.02 Å². The number of carbonyl (C=O) groups excluding carboxylic acids is 2. The molecule has 0 saturated carbocycles. The molecule has 8 heteroatoms. The predicted octanol–water partition coefficient (Wildman–Crippen LogP) is 1.24. The first-order chi connectivity index (χ1) is 11.6. The fraction of sp³-hybridized carbons (Fsp3) is 0.188. The van der Waals surface area contributed by atoms with Crippen molar-refractivity contribution in [2.24, 2.45) is 0 Å². The van der Waals surface area contributed by atoms with Crippen LogP contribution in [0, 0.1) is 0 Å². The number of anilines is 1. The highest BCUT2D eigenvalue weighted by atomic mass is 35.5. The first-order valence-corrected chi connectivity index (χ1v) is 7.67. The number of hydrogen-bond acceptors (Lipinski definition) is 5. The number of aliphatic hydroxyl groups is 1. The van der Waals surface area contributed by atoms with Gasteiger partial charge in [0, 0.05) is 18.0 Å². The van der Waals surface area contributed by atoms with Crippen LogP contribution in [0.1, 0.15) is 5.56 Å². The van der Waals surface area contributed by atoms with Gasteiger partial charge in [-0.15, -0.1) is 0 Å². The van der Waals surface area contributed by atoms with Crippen molar-refractivity contribution in [1.82, 2.24) is 14.7 Å². The molecule has 2 N–H and O–H groups in total. The van der Waals surface area contributed by atoms with Crippen LogP contribution < -0.4 is 5.32 Å². The molecule has 3 rings (SSSR count). The number of imide groups is 1. The van der Waals surface area contributed by atoms with Gasteiger partial charge in [-0.3, -0.25) is 19.2 Å². The topological polar surface area (TPSA) is 87.5 Å². The van der Waals surface area contributed by atoms with E-state index in [-0.39, 0.29) is 18.8 Å². The lowest BCUT2D eigenvalue weighted by Crippen LogP contribution is -2.34. The highest BCUT2D eigenvalue weighted by Crippen LogP contribution is 2.19. The molecule has 2 amide bonds. The summed E-state index contributed by atoms with van der Waals surface area (Å²) >= 11 is 5.85. The van der Waals surface area contributed by atoms with Crippen molar-refractivity contribution in [3.8, 4) is 0 Å². The Bertz CT molecular complexity index is 815. The van der Waals surface area contributed by atoms with E-state index in [9.17, 15) is 9.59 Å². The number of carbonyl (C=O) groups is 2. The van der Waals surface area contributed by atoms with E-state index >= 15 is 0 Å². The van der Waals surface area contributed by atoms with Crippen LogP contribution in [-0.4, -0.2) is 44.8 Å². The molecule has 0 fully saturated rings. The Hall–Kier alpha value is -2.64. The van der Waals surface area contributed by atoms with Gasteiger partial charge in [-0.2, -0.15) is 5.10 Å². The number of nitrogens with one attached hydrogen (secondary N) is 1. The monoisotopic (exact) mass is 346 g/mol. The number of aromatic nitrogens is 2. The number of nitrogens with zero attached hydrogens (tertiary/aromatic N) is 3. The molecule has 1 aliphatic heterocycles. The SMILES string of the molecule is O=C1C=C(Nc2cccc(Cn3cc(Cl)cn3)c2)C(=O)N1CCO. The molecule has 0 atom stereocenters. The lowest BCUT2D eigenvalue weighted by molar-refractivity contribution is -0.137. The molecule has 1 aromatic carbocycles. The van der Waals surface area contributed by atoms with Crippen LogP contribution in [0.3, 0.4) is 0 Å². The maximum Gasteiger partial charge on any atom is 0.277 e. The van der Waals surface area contributed by atoms with Crippen LogP contribution in [0.5, 0.6) is 0 Å². The average molecular weight is 347 g/mol. The molecule has 1 aliphatic rings. The largest absolute Gasteiger partial charge is 0.395 e. The van der Waals surface area contributed by atoms with Gasteiger partial charge in [0.25, 0.3) is 11.8 Å². The number of rotatable bonds is 6. The Morgan fingerprint density at radius 2 is 2.12 bits per heavy atom. The molecule has 2 aromatic rings. The number of halogens is 1. The van der Waals surface area contributed by atoms with Gasteiger partial charge in [-0.05, 0) is 17.7 Å². The summed E-state index contributed by atoms with van der Waals surface area (Å²) in [6, 6.07) is 7.43. The summed E-state index contributed by atoms with van der Waals surface area (Å²) in [7, 11) is 0. The quantitative estimate of drug-likeness (QED) is 0.768. The fourth-order valence-electron chi connectivity index (χ4n) is 2.42. The zero-order chi connectivity index (χ0) is 17.1. The number of amides is 2. The number of hydrogen-bond donors (Lipinski definition) is 2. The molecule has 2 heterocycles. The molecule has 0 bridgehead atoms. The zero-order valence-electron chi connectivity index (χ0n) is 12.6. The van der Waals surface area contributed by atoms with Crippen molar-refractivity contribution in [1.29, 1.82) is 0 Å². The molecule has 0 radical (unpaired) electrons. The van der Waals surface area contributed by atoms with Crippen LogP contribution in [-0.2, 0) is 16.1 Å². The second kappa shape index (κ2) is 6.86. The van der Waals surface area contributed by atoms with E-state index in [4.69, 9.17) is 16.7 Å². The van der Waals surface area contributed by atoms with E-state index in [1.54, 1.807) is 23.1 Å². The van der Waals surface area contributed by atoms with Gasteiger partial charge in [-0.25, -0.2) is 0 Å². The fourth-order valence-corrected chi connectivity index (χ4v) is 2.58. The molecule has 1 aromatic heterocycles. The minimum Gasteiger partial charge on any atom is -0.395 e. The normalized spacial score (nSPS) is 14.2. The molecule has 0 unspecified atom stereocenters. The third-order valence-electron chi connectivity index (χ3n) is 3.49. The lowest BCUT2D eigenvalue weighted by Gasteiger charge is -2.13. The molecule has 0 aliphatic carbocycles. The summed E-state index contributed by atoms with van der Waals surface area (Å²) in [6.45, 7) is 0.255. The minimum atomic E-state index is -0.446. The van der Waals surface area contributed by atoms with Crippen LogP contribution in [0.4, 0.5) is 5.69 Å². The van der Waals surface area contributed by atoms with Gasteiger partial charge >= 0.3 is 0 Å². The molecule has 0 saturated heterocycles. The van der Waals surface area contributed by atoms with Crippen LogP contribution in [0.15, 0.2) is 48.4 Å². The molecule has 0 spiro atoms. The second-order valence-corrected chi connectivity index (χ2v) is 5.69. The standard InChI is InChI=1S/C16H15ClN4O3/c17-12-8-18-20(10-12)9-11-2-1-3-13(6-11)19-14-7-15(23)21(4-5-22)16(14)24/h1-3,6-8,10,19,22H,4-5,9H2. The van der Waals surface area contributed by atoms with E-state index in [1.165, 1.54) is 6.08 Å². The zero-order valence-corrected chi connectivity index (χ0v) is 13.4. The molecule has 7 nitrogen and oxygen atoms in total. The van der Waals surface area contributed by atoms with E-state index in [2.05, 4.69) is 10.4 Å². The number of aliphatic hydroxyl groups excluding tert-OH is 1. The summed E-state index contributed by atoms with van der Waals surface area (Å²) in [5, 5.41) is 16.5. The van der Waals surface area contributed by atoms with Crippen molar-refractivity contribution in [2.45, 2.75) is 6.54 Å². The Kier molecular flexibility index (Phi) is 4.64. The van der Waals surface area contributed by atoms with Gasteiger partial charge in [0.15, 0.2) is 0 Å². The first kappa shape index (κ1) is 16.2. The van der Waals surface area contributed by atoms with Crippen molar-refractivity contribution < 1.29 is 14.7 Å². The van der Waals surface area contributed by atoms with Crippen molar-refractivity contribution in [3.05, 3.63) is 59.0 Å². The molecule has 124 valence electrons. The second-order valence-electron chi connectivity index (χ2n) is 5.26. The summed E-state index contributed by atoms with van der Waals surface area (Å²) < 4.78 is 1.70. The minimum absolute atomic E-state index is 0.0144. The van der Waals surface area contributed by atoms with Crippen molar-refractivity contribution in [2.75, 3.05) is 18.5 Å². The highest BCUT2D eigenvalue weighted by Gasteiger charge is 2.30. The Balaban J connectivity index is 1.72. The lowest BCUT2D eigenvalue weighted by atomic mass is 10.2. The van der Waals surface area contributed by atoms with E-state index in [0.717, 1.165) is 10.5 Å². The molecule has 24 heavy (non-hydrogen) atoms. The van der Waals surface area contributed by atoms with Gasteiger partial charge in [0.2, 0.25) is 0 Å². The first-order valence-electron chi connectivity index (χ1n) is 7.29. The van der Waals surface area contributed by atoms with Crippen LogP contribution in [0.25, 0.3) is 0 Å². The predicted molar refractivity (Wildman–Crippen MR) is 88.3 cm³/mol. The summed E-state index contributed by atoms with van der Waals surface area (Å²) in [6.07, 6.45) is 4.51. The van der Waals surface area contributed by atoms with E-state index in [0.29, 0.717) is 17.3 Å². The van der Waals surface area contributed by atoms with Gasteiger partial charge in [0.1, 0.15) is 5.70 Å². The third kappa shape index (κ3) is 3.47. The number of β-amino-alcohol motifs (C(OH)–C–C–N with tert-alkyl or cyclic N) is 1. The van der Waals surface area contributed by atoms with Gasteiger partial charge < -0.3 is 10.4 Å². The summed E-state index contributed by atoms with van der Waals surface area (Å²) in [4.78, 5) is 24.9. The highest BCUT2D eigenvalue weighted by molar-refractivity contribution is 6.30. The maximum atomic E-state index is 12.1. The van der Waals surface area contributed by atoms with Crippen molar-refractivity contribution >= 4 is 29.1 Å². The van der Waals surface area contributed by atoms with Crippen molar-refractivity contribution in [3.63, 3.8) is 0 Å². The Morgan fingerprint density at radius 3 is 2.83 bits per heavy atom. The summed E-state index contributed by atoms with van der Waals surface area (Å²) in [5.41, 5.74) is 1.83. The average Bonchev–Trinajstić information content (AvgIpc) is 3.06. The molecular weight excluding hydrogens is 332 g/mol. The summed E-state index contributed by atoms with van der Waals surface area (Å²) in [5.74, 6) is -0.878. The maximum absolute atomic E-state index is 12.1. The van der Waals surface area contributed by atoms with Gasteiger partial charge in [-0.1, -0.05) is 23.7 Å². The number of benzene rings is 1.